The highest BCUT2D eigenvalue weighted by Gasteiger charge is 2.24. The van der Waals surface area contributed by atoms with Crippen LogP contribution in [0.15, 0.2) is 41.3 Å². The maximum absolute atomic E-state index is 12.9. The highest BCUT2D eigenvalue weighted by Crippen LogP contribution is 2.28. The number of carbonyl (C=O) groups excluding carboxylic acids is 1. The Hall–Kier alpha value is -2.82. The van der Waals surface area contributed by atoms with Gasteiger partial charge in [0.05, 0.1) is 45.0 Å². The Labute approximate surface area is 188 Å². The number of benzene rings is 2. The Morgan fingerprint density at radius 3 is 2.28 bits per heavy atom. The lowest BCUT2D eigenvalue weighted by Gasteiger charge is -2.27. The highest BCUT2D eigenvalue weighted by atomic mass is 32.2. The van der Waals surface area contributed by atoms with Crippen molar-refractivity contribution in [1.29, 1.82) is 0 Å². The van der Waals surface area contributed by atoms with Crippen molar-refractivity contribution in [1.82, 2.24) is 9.62 Å². The molecular weight excluding hydrogens is 436 g/mol. The van der Waals surface area contributed by atoms with Crippen molar-refractivity contribution in [2.75, 3.05) is 54.2 Å². The first-order valence-corrected chi connectivity index (χ1v) is 11.6. The van der Waals surface area contributed by atoms with Crippen molar-refractivity contribution in [3.8, 4) is 17.2 Å². The monoisotopic (exact) mass is 464 g/mol. The van der Waals surface area contributed by atoms with Crippen LogP contribution in [0.3, 0.4) is 0 Å². The fourth-order valence-corrected chi connectivity index (χ4v) is 4.47. The van der Waals surface area contributed by atoms with Gasteiger partial charge >= 0.3 is 0 Å². The van der Waals surface area contributed by atoms with E-state index in [4.69, 9.17) is 18.9 Å². The van der Waals surface area contributed by atoms with E-state index in [0.717, 1.165) is 5.56 Å². The number of hydrogen-bond acceptors (Lipinski definition) is 7. The largest absolute Gasteiger partial charge is 0.496 e. The van der Waals surface area contributed by atoms with Gasteiger partial charge in [-0.3, -0.25) is 4.79 Å². The van der Waals surface area contributed by atoms with Crippen LogP contribution in [0, 0.1) is 0 Å². The summed E-state index contributed by atoms with van der Waals surface area (Å²) in [5.74, 6) is 1.22. The van der Waals surface area contributed by atoms with Crippen LogP contribution in [0.2, 0.25) is 0 Å². The number of morpholine rings is 1. The number of methoxy groups -OCH3 is 3. The standard InChI is InChI=1S/C22H28N2O7S/c1-28-19-7-5-17(15-18(19)22(25)24-10-12-31-13-11-24)32(26,27)23-9-8-16-4-6-20(29-2)21(14-16)30-3/h4-7,14-15,23H,8-13H2,1-3H3. The maximum Gasteiger partial charge on any atom is 0.257 e. The molecule has 2 aromatic rings. The topological polar surface area (TPSA) is 103 Å². The second-order valence-corrected chi connectivity index (χ2v) is 8.87. The van der Waals surface area contributed by atoms with Crippen molar-refractivity contribution in [3.63, 3.8) is 0 Å². The van der Waals surface area contributed by atoms with Crippen LogP contribution in [-0.4, -0.2) is 73.4 Å². The quantitative estimate of drug-likeness (QED) is 0.603. The lowest BCUT2D eigenvalue weighted by molar-refractivity contribution is 0.0300. The molecule has 1 aliphatic heterocycles. The molecular formula is C22H28N2O7S. The minimum atomic E-state index is -3.83. The molecule has 10 heteroatoms. The molecule has 0 aliphatic carbocycles. The zero-order chi connectivity index (χ0) is 23.1. The zero-order valence-corrected chi connectivity index (χ0v) is 19.2. The molecule has 0 radical (unpaired) electrons. The maximum atomic E-state index is 12.9. The van der Waals surface area contributed by atoms with Gasteiger partial charge in [-0.15, -0.1) is 0 Å². The van der Waals surface area contributed by atoms with Crippen molar-refractivity contribution in [3.05, 3.63) is 47.5 Å². The molecule has 1 amide bonds. The number of nitrogens with zero attached hydrogens (tertiary/aromatic N) is 1. The van der Waals surface area contributed by atoms with Gasteiger partial charge in [-0.25, -0.2) is 13.1 Å². The van der Waals surface area contributed by atoms with Crippen molar-refractivity contribution in [2.45, 2.75) is 11.3 Å². The van der Waals surface area contributed by atoms with Crippen LogP contribution in [0.5, 0.6) is 17.2 Å². The van der Waals surface area contributed by atoms with Gasteiger partial charge < -0.3 is 23.8 Å². The summed E-state index contributed by atoms with van der Waals surface area (Å²) < 4.78 is 49.4. The van der Waals surface area contributed by atoms with Crippen molar-refractivity contribution in [2.24, 2.45) is 0 Å². The fraction of sp³-hybridized carbons (Fsp3) is 0.409. The Bertz CT molecular complexity index is 1050. The molecule has 1 fully saturated rings. The summed E-state index contributed by atoms with van der Waals surface area (Å²) in [7, 11) is 0.717. The lowest BCUT2D eigenvalue weighted by Crippen LogP contribution is -2.40. The van der Waals surface area contributed by atoms with Crippen LogP contribution in [-0.2, 0) is 21.2 Å². The van der Waals surface area contributed by atoms with Crippen LogP contribution in [0.4, 0.5) is 0 Å². The van der Waals surface area contributed by atoms with Gasteiger partial charge in [-0.05, 0) is 42.3 Å². The SMILES string of the molecule is COc1ccc(CCNS(=O)(=O)c2ccc(OC)c(C(=O)N3CCOCC3)c2)cc1OC. The number of nitrogens with one attached hydrogen (secondary N) is 1. The number of hydrogen-bond donors (Lipinski definition) is 1. The minimum absolute atomic E-state index is 0.00206. The second-order valence-electron chi connectivity index (χ2n) is 7.10. The first-order valence-electron chi connectivity index (χ1n) is 10.1. The zero-order valence-electron chi connectivity index (χ0n) is 18.4. The van der Waals surface area contributed by atoms with E-state index in [1.807, 2.05) is 6.07 Å². The van der Waals surface area contributed by atoms with E-state index in [1.54, 1.807) is 31.3 Å². The smallest absolute Gasteiger partial charge is 0.257 e. The van der Waals surface area contributed by atoms with Gasteiger partial charge in [-0.2, -0.15) is 0 Å². The summed E-state index contributed by atoms with van der Waals surface area (Å²) >= 11 is 0. The number of rotatable bonds is 9. The van der Waals surface area contributed by atoms with E-state index < -0.39 is 10.0 Å². The van der Waals surface area contributed by atoms with Gasteiger partial charge in [0, 0.05) is 19.6 Å². The van der Waals surface area contributed by atoms with Crippen molar-refractivity contribution < 1.29 is 32.2 Å². The van der Waals surface area contributed by atoms with Gasteiger partial charge in [0.1, 0.15) is 5.75 Å². The van der Waals surface area contributed by atoms with Gasteiger partial charge in [0.2, 0.25) is 10.0 Å². The van der Waals surface area contributed by atoms with Crippen molar-refractivity contribution >= 4 is 15.9 Å². The summed E-state index contributed by atoms with van der Waals surface area (Å²) in [6.07, 6.45) is 0.454. The second kappa shape index (κ2) is 10.7. The number of ether oxygens (including phenoxy) is 4. The van der Waals surface area contributed by atoms with Gasteiger partial charge in [-0.1, -0.05) is 6.07 Å². The molecule has 3 rings (SSSR count). The number of sulfonamides is 1. The van der Waals surface area contributed by atoms with Gasteiger partial charge in [0.25, 0.3) is 5.91 Å². The molecule has 0 atom stereocenters. The average molecular weight is 465 g/mol. The molecule has 0 unspecified atom stereocenters. The molecule has 1 N–H and O–H groups in total. The average Bonchev–Trinajstić information content (AvgIpc) is 2.83. The molecule has 0 aromatic heterocycles. The summed E-state index contributed by atoms with van der Waals surface area (Å²) in [6, 6.07) is 9.71. The summed E-state index contributed by atoms with van der Waals surface area (Å²) in [4.78, 5) is 14.6. The number of carbonyl (C=O) groups is 1. The van der Waals surface area contributed by atoms with Crippen LogP contribution >= 0.6 is 0 Å². The first-order chi connectivity index (χ1) is 15.4. The molecule has 32 heavy (non-hydrogen) atoms. The van der Waals surface area contributed by atoms with Crippen LogP contribution < -0.4 is 18.9 Å². The van der Waals surface area contributed by atoms with E-state index >= 15 is 0 Å². The Morgan fingerprint density at radius 1 is 0.969 bits per heavy atom. The van der Waals surface area contributed by atoms with Crippen LogP contribution in [0.25, 0.3) is 0 Å². The summed E-state index contributed by atoms with van der Waals surface area (Å²) in [5, 5.41) is 0. The normalized spacial score (nSPS) is 14.2. The van der Waals surface area contributed by atoms with E-state index in [2.05, 4.69) is 4.72 Å². The molecule has 1 heterocycles. The highest BCUT2D eigenvalue weighted by molar-refractivity contribution is 7.89. The predicted octanol–water partition coefficient (Wildman–Crippen LogP) is 1.71. The molecule has 0 saturated carbocycles. The molecule has 0 bridgehead atoms. The molecule has 9 nitrogen and oxygen atoms in total. The predicted molar refractivity (Wildman–Crippen MR) is 118 cm³/mol. The Morgan fingerprint density at radius 2 is 1.62 bits per heavy atom. The number of amides is 1. The first kappa shape index (κ1) is 23.8. The Kier molecular flexibility index (Phi) is 7.94. The molecule has 2 aromatic carbocycles. The third kappa shape index (κ3) is 5.50. The van der Waals surface area contributed by atoms with Crippen LogP contribution in [0.1, 0.15) is 15.9 Å². The fourth-order valence-electron chi connectivity index (χ4n) is 3.41. The van der Waals surface area contributed by atoms with E-state index in [0.29, 0.717) is 50.0 Å². The molecule has 1 aliphatic rings. The van der Waals surface area contributed by atoms with E-state index in [9.17, 15) is 13.2 Å². The third-order valence-corrected chi connectivity index (χ3v) is 6.62. The summed E-state index contributed by atoms with van der Waals surface area (Å²) in [6.45, 7) is 1.97. The van der Waals surface area contributed by atoms with Gasteiger partial charge in [0.15, 0.2) is 11.5 Å². The lowest BCUT2D eigenvalue weighted by atomic mass is 10.1. The molecule has 0 spiro atoms. The Balaban J connectivity index is 1.73. The summed E-state index contributed by atoms with van der Waals surface area (Å²) in [5.41, 5.74) is 1.10. The van der Waals surface area contributed by atoms with E-state index in [1.165, 1.54) is 25.3 Å². The van der Waals surface area contributed by atoms with E-state index in [-0.39, 0.29) is 22.9 Å². The third-order valence-electron chi connectivity index (χ3n) is 5.16. The molecule has 1 saturated heterocycles. The molecule has 174 valence electrons. The minimum Gasteiger partial charge on any atom is -0.496 e.